The maximum atomic E-state index is 13.6. The molecule has 0 atom stereocenters. The first-order valence-corrected chi connectivity index (χ1v) is 6.99. The molecule has 0 amide bonds. The Labute approximate surface area is 126 Å². The summed E-state index contributed by atoms with van der Waals surface area (Å²) >= 11 is 3.34. The van der Waals surface area contributed by atoms with Crippen LogP contribution in [0.3, 0.4) is 0 Å². The number of nitrogens with one attached hydrogen (secondary N) is 1. The van der Waals surface area contributed by atoms with E-state index in [2.05, 4.69) is 27.3 Å². The Morgan fingerprint density at radius 2 is 1.85 bits per heavy atom. The molecule has 0 aliphatic carbocycles. The third-order valence-electron chi connectivity index (χ3n) is 3.08. The molecule has 0 aliphatic heterocycles. The molecule has 102 valence electrons. The Bertz CT molecular complexity index is 666. The molecule has 0 heterocycles. The van der Waals surface area contributed by atoms with E-state index in [9.17, 15) is 4.39 Å². The second kappa shape index (κ2) is 6.06. The van der Waals surface area contributed by atoms with Crippen LogP contribution in [0.5, 0.6) is 0 Å². The van der Waals surface area contributed by atoms with E-state index in [4.69, 9.17) is 5.26 Å². The lowest BCUT2D eigenvalue weighted by molar-refractivity contribution is 0.608. The average molecular weight is 333 g/mol. The lowest BCUT2D eigenvalue weighted by atomic mass is 10.1. The molecular weight excluding hydrogens is 319 g/mol. The van der Waals surface area contributed by atoms with E-state index >= 15 is 0 Å². The summed E-state index contributed by atoms with van der Waals surface area (Å²) in [6, 6.07) is 11.3. The summed E-state index contributed by atoms with van der Waals surface area (Å²) in [5.74, 6) is -0.157. The zero-order valence-corrected chi connectivity index (χ0v) is 12.9. The molecule has 0 unspecified atom stereocenters. The van der Waals surface area contributed by atoms with Crippen molar-refractivity contribution in [3.63, 3.8) is 0 Å². The predicted molar refractivity (Wildman–Crippen MR) is 82.1 cm³/mol. The van der Waals surface area contributed by atoms with Gasteiger partial charge in [-0.3, -0.25) is 0 Å². The summed E-state index contributed by atoms with van der Waals surface area (Å²) < 4.78 is 14.4. The van der Waals surface area contributed by atoms with Gasteiger partial charge in [0.05, 0.1) is 11.3 Å². The van der Waals surface area contributed by atoms with E-state index in [1.807, 2.05) is 24.3 Å². The first-order valence-electron chi connectivity index (χ1n) is 6.20. The smallest absolute Gasteiger partial charge is 0.129 e. The summed E-state index contributed by atoms with van der Waals surface area (Å²) in [6.07, 6.45) is 0. The van der Waals surface area contributed by atoms with E-state index in [1.54, 1.807) is 19.9 Å². The highest BCUT2D eigenvalue weighted by Gasteiger charge is 2.06. The largest absolute Gasteiger partial charge is 0.380 e. The lowest BCUT2D eigenvalue weighted by Gasteiger charge is -2.11. The third-order valence-corrected chi connectivity index (χ3v) is 3.57. The molecule has 20 heavy (non-hydrogen) atoms. The van der Waals surface area contributed by atoms with E-state index < -0.39 is 0 Å². The summed E-state index contributed by atoms with van der Waals surface area (Å²) in [7, 11) is 0. The lowest BCUT2D eigenvalue weighted by Crippen LogP contribution is -2.03. The van der Waals surface area contributed by atoms with Crippen LogP contribution < -0.4 is 5.32 Å². The number of benzene rings is 2. The van der Waals surface area contributed by atoms with Gasteiger partial charge in [-0.2, -0.15) is 5.26 Å². The van der Waals surface area contributed by atoms with Crippen LogP contribution in [-0.2, 0) is 6.54 Å². The van der Waals surface area contributed by atoms with E-state index in [-0.39, 0.29) is 5.82 Å². The molecule has 1 N–H and O–H groups in total. The molecule has 0 fully saturated rings. The van der Waals surface area contributed by atoms with Crippen molar-refractivity contribution in [3.05, 3.63) is 62.9 Å². The topological polar surface area (TPSA) is 35.8 Å². The van der Waals surface area contributed by atoms with Crippen molar-refractivity contribution in [1.29, 1.82) is 5.26 Å². The number of rotatable bonds is 3. The highest BCUT2D eigenvalue weighted by molar-refractivity contribution is 9.10. The van der Waals surface area contributed by atoms with Crippen molar-refractivity contribution < 1.29 is 4.39 Å². The monoisotopic (exact) mass is 332 g/mol. The van der Waals surface area contributed by atoms with Crippen LogP contribution in [0.4, 0.5) is 10.1 Å². The normalized spacial score (nSPS) is 10.2. The Hall–Kier alpha value is -1.86. The number of aryl methyl sites for hydroxylation is 2. The molecule has 0 aromatic heterocycles. The Morgan fingerprint density at radius 1 is 1.20 bits per heavy atom. The molecule has 0 aliphatic rings. The zero-order chi connectivity index (χ0) is 14.7. The average Bonchev–Trinajstić information content (AvgIpc) is 2.43. The second-order valence-electron chi connectivity index (χ2n) is 4.70. The summed E-state index contributed by atoms with van der Waals surface area (Å²) in [5, 5.41) is 12.3. The highest BCUT2D eigenvalue weighted by atomic mass is 79.9. The molecule has 0 radical (unpaired) electrons. The summed E-state index contributed by atoms with van der Waals surface area (Å²) in [5.41, 5.74) is 3.62. The maximum Gasteiger partial charge on any atom is 0.129 e. The number of hydrogen-bond donors (Lipinski definition) is 1. The van der Waals surface area contributed by atoms with Crippen molar-refractivity contribution in [2.75, 3.05) is 5.32 Å². The van der Waals surface area contributed by atoms with Gasteiger partial charge in [-0.25, -0.2) is 4.39 Å². The number of nitrogens with zero attached hydrogens (tertiary/aromatic N) is 1. The SMILES string of the molecule is Cc1cc(CNc2ccc(Br)cc2C#N)cc(C)c1F. The van der Waals surface area contributed by atoms with Crippen molar-refractivity contribution in [2.45, 2.75) is 20.4 Å². The van der Waals surface area contributed by atoms with E-state index in [0.717, 1.165) is 15.7 Å². The van der Waals surface area contributed by atoms with Gasteiger partial charge in [0.2, 0.25) is 0 Å². The van der Waals surface area contributed by atoms with Crippen LogP contribution in [0, 0.1) is 31.0 Å². The highest BCUT2D eigenvalue weighted by Crippen LogP contribution is 2.22. The first kappa shape index (κ1) is 14.5. The number of hydrogen-bond acceptors (Lipinski definition) is 2. The molecule has 2 aromatic carbocycles. The van der Waals surface area contributed by atoms with Crippen LogP contribution in [0.15, 0.2) is 34.8 Å². The molecule has 2 rings (SSSR count). The van der Waals surface area contributed by atoms with Gasteiger partial charge < -0.3 is 5.32 Å². The number of anilines is 1. The summed E-state index contributed by atoms with van der Waals surface area (Å²) in [4.78, 5) is 0. The van der Waals surface area contributed by atoms with E-state index in [0.29, 0.717) is 23.2 Å². The number of halogens is 2. The van der Waals surface area contributed by atoms with Gasteiger partial charge in [0.15, 0.2) is 0 Å². The van der Waals surface area contributed by atoms with Crippen LogP contribution >= 0.6 is 15.9 Å². The van der Waals surface area contributed by atoms with Gasteiger partial charge in [0, 0.05) is 11.0 Å². The van der Waals surface area contributed by atoms with Crippen LogP contribution in [0.1, 0.15) is 22.3 Å². The molecule has 0 bridgehead atoms. The minimum atomic E-state index is -0.157. The minimum absolute atomic E-state index is 0.157. The fourth-order valence-corrected chi connectivity index (χ4v) is 2.46. The van der Waals surface area contributed by atoms with Crippen molar-refractivity contribution in [1.82, 2.24) is 0 Å². The fraction of sp³-hybridized carbons (Fsp3) is 0.188. The van der Waals surface area contributed by atoms with Crippen LogP contribution in [-0.4, -0.2) is 0 Å². The number of nitriles is 1. The van der Waals surface area contributed by atoms with Crippen LogP contribution in [0.2, 0.25) is 0 Å². The minimum Gasteiger partial charge on any atom is -0.380 e. The van der Waals surface area contributed by atoms with E-state index in [1.165, 1.54) is 0 Å². The molecule has 4 heteroatoms. The van der Waals surface area contributed by atoms with Crippen molar-refractivity contribution >= 4 is 21.6 Å². The van der Waals surface area contributed by atoms with Crippen LogP contribution in [0.25, 0.3) is 0 Å². The zero-order valence-electron chi connectivity index (χ0n) is 11.3. The first-order chi connectivity index (χ1) is 9.51. The fourth-order valence-electron chi connectivity index (χ4n) is 2.10. The molecule has 2 aromatic rings. The maximum absolute atomic E-state index is 13.6. The molecule has 0 saturated carbocycles. The molecule has 0 spiro atoms. The molecular formula is C16H14BrFN2. The third kappa shape index (κ3) is 3.17. The Balaban J connectivity index is 2.19. The molecule has 2 nitrogen and oxygen atoms in total. The van der Waals surface area contributed by atoms with Gasteiger partial charge in [0.1, 0.15) is 11.9 Å². The van der Waals surface area contributed by atoms with Gasteiger partial charge in [0.25, 0.3) is 0 Å². The second-order valence-corrected chi connectivity index (χ2v) is 5.61. The van der Waals surface area contributed by atoms with Gasteiger partial charge in [-0.1, -0.05) is 28.1 Å². The van der Waals surface area contributed by atoms with Gasteiger partial charge in [-0.15, -0.1) is 0 Å². The summed E-state index contributed by atoms with van der Waals surface area (Å²) in [6.45, 7) is 4.07. The van der Waals surface area contributed by atoms with Gasteiger partial charge in [-0.05, 0) is 48.7 Å². The van der Waals surface area contributed by atoms with Gasteiger partial charge >= 0.3 is 0 Å². The quantitative estimate of drug-likeness (QED) is 0.885. The Kier molecular flexibility index (Phi) is 4.41. The van der Waals surface area contributed by atoms with Crippen molar-refractivity contribution in [2.24, 2.45) is 0 Å². The predicted octanol–water partition coefficient (Wildman–Crippen LogP) is 4.69. The standard InChI is InChI=1S/C16H14BrFN2/c1-10-5-12(6-11(2)16(10)18)9-20-15-4-3-14(17)7-13(15)8-19/h3-7,20H,9H2,1-2H3. The Morgan fingerprint density at radius 3 is 2.45 bits per heavy atom. The van der Waals surface area contributed by atoms with Crippen molar-refractivity contribution in [3.8, 4) is 6.07 Å². The molecule has 0 saturated heterocycles.